The van der Waals surface area contributed by atoms with Crippen molar-refractivity contribution >= 4 is 15.7 Å². The third-order valence-corrected chi connectivity index (χ3v) is 5.63. The summed E-state index contributed by atoms with van der Waals surface area (Å²) in [6.45, 7) is 1.14. The van der Waals surface area contributed by atoms with Crippen molar-refractivity contribution in [2.75, 3.05) is 30.7 Å². The molecule has 9 heteroatoms. The maximum atomic E-state index is 11.3. The molecule has 0 fully saturated rings. The maximum Gasteiger partial charge on any atom is 0.229 e. The van der Waals surface area contributed by atoms with E-state index in [0.717, 1.165) is 32.1 Å². The molecule has 8 nitrogen and oxygen atoms in total. The number of phenolic OH excluding ortho intramolecular Hbond substituents is 2. The first-order valence-corrected chi connectivity index (χ1v) is 11.7. The summed E-state index contributed by atoms with van der Waals surface area (Å²) in [5, 5.41) is 32.8. The number of fused-ring (bicyclic) bond motifs is 1. The monoisotopic (exact) mass is 436 g/mol. The highest BCUT2D eigenvalue weighted by molar-refractivity contribution is 7.92. The minimum Gasteiger partial charge on any atom is -0.508 e. The normalized spacial score (nSPS) is 17.2. The molecule has 0 radical (unpaired) electrons. The fourth-order valence-electron chi connectivity index (χ4n) is 3.59. The molecular formula is C21H28N2O6S. The number of aliphatic hydroxyl groups excluding tert-OH is 1. The fraction of sp³-hybridized carbons (Fsp3) is 0.429. The summed E-state index contributed by atoms with van der Waals surface area (Å²) in [5.41, 5.74) is 2.49. The Labute approximate surface area is 176 Å². The molecule has 1 aliphatic carbocycles. The smallest absolute Gasteiger partial charge is 0.229 e. The molecule has 1 unspecified atom stereocenters. The van der Waals surface area contributed by atoms with Gasteiger partial charge in [0.2, 0.25) is 10.0 Å². The third-order valence-electron chi connectivity index (χ3n) is 5.04. The lowest BCUT2D eigenvalue weighted by atomic mass is 9.84. The van der Waals surface area contributed by atoms with Gasteiger partial charge in [0.15, 0.2) is 0 Å². The molecule has 0 amide bonds. The third kappa shape index (κ3) is 6.51. The van der Waals surface area contributed by atoms with Crippen LogP contribution in [0.3, 0.4) is 0 Å². The quantitative estimate of drug-likeness (QED) is 0.378. The van der Waals surface area contributed by atoms with Gasteiger partial charge in [-0.05, 0) is 67.1 Å². The molecule has 5 N–H and O–H groups in total. The van der Waals surface area contributed by atoms with Crippen molar-refractivity contribution < 1.29 is 28.5 Å². The van der Waals surface area contributed by atoms with Crippen LogP contribution in [0.15, 0.2) is 36.4 Å². The van der Waals surface area contributed by atoms with Crippen LogP contribution in [0.2, 0.25) is 0 Å². The first-order chi connectivity index (χ1) is 14.2. The van der Waals surface area contributed by atoms with Crippen LogP contribution in [-0.4, -0.2) is 55.8 Å². The highest BCUT2D eigenvalue weighted by Crippen LogP contribution is 2.29. The van der Waals surface area contributed by atoms with E-state index in [0.29, 0.717) is 24.0 Å². The zero-order valence-electron chi connectivity index (χ0n) is 16.8. The Morgan fingerprint density at radius 1 is 1.17 bits per heavy atom. The van der Waals surface area contributed by atoms with Crippen LogP contribution < -0.4 is 14.8 Å². The Kier molecular flexibility index (Phi) is 7.06. The number of rotatable bonds is 9. The first-order valence-electron chi connectivity index (χ1n) is 9.83. The molecule has 0 saturated heterocycles. The fourth-order valence-corrected chi connectivity index (χ4v) is 4.15. The van der Waals surface area contributed by atoms with Crippen molar-refractivity contribution in [3.8, 4) is 17.2 Å². The van der Waals surface area contributed by atoms with Gasteiger partial charge in [-0.2, -0.15) is 0 Å². The van der Waals surface area contributed by atoms with Gasteiger partial charge in [0.25, 0.3) is 0 Å². The molecule has 2 aromatic rings. The van der Waals surface area contributed by atoms with Crippen molar-refractivity contribution in [2.45, 2.75) is 25.4 Å². The van der Waals surface area contributed by atoms with E-state index in [-0.39, 0.29) is 18.0 Å². The van der Waals surface area contributed by atoms with Crippen LogP contribution in [0.4, 0.5) is 5.69 Å². The summed E-state index contributed by atoms with van der Waals surface area (Å²) in [4.78, 5) is 0. The van der Waals surface area contributed by atoms with E-state index < -0.39 is 16.1 Å². The van der Waals surface area contributed by atoms with E-state index in [1.807, 2.05) is 12.1 Å². The van der Waals surface area contributed by atoms with Crippen LogP contribution in [0.1, 0.15) is 17.5 Å². The average Bonchev–Trinajstić information content (AvgIpc) is 2.67. The van der Waals surface area contributed by atoms with E-state index in [9.17, 15) is 23.7 Å². The van der Waals surface area contributed by atoms with Crippen molar-refractivity contribution in [2.24, 2.45) is 5.92 Å². The van der Waals surface area contributed by atoms with Gasteiger partial charge in [0.1, 0.15) is 30.0 Å². The van der Waals surface area contributed by atoms with Gasteiger partial charge in [-0.1, -0.05) is 6.07 Å². The minimum absolute atomic E-state index is 0.0197. The Bertz CT molecular complexity index is 979. The number of anilines is 1. The predicted octanol–water partition coefficient (Wildman–Crippen LogP) is 1.60. The molecule has 0 bridgehead atoms. The van der Waals surface area contributed by atoms with Crippen molar-refractivity contribution in [3.05, 3.63) is 47.5 Å². The predicted molar refractivity (Wildman–Crippen MR) is 115 cm³/mol. The number of phenols is 2. The van der Waals surface area contributed by atoms with E-state index in [4.69, 9.17) is 4.74 Å². The molecule has 0 aliphatic heterocycles. The highest BCUT2D eigenvalue weighted by Gasteiger charge is 2.19. The van der Waals surface area contributed by atoms with E-state index >= 15 is 0 Å². The second-order valence-corrected chi connectivity index (χ2v) is 9.49. The maximum absolute atomic E-state index is 11.3. The molecule has 0 saturated carbocycles. The topological polar surface area (TPSA) is 128 Å². The number of sulfonamides is 1. The standard InChI is InChI=1S/C21H28N2O6S/c1-30(27,28)23-20-10-19(6-7-21(20)26)29-13-18(25)12-22-11-14-2-3-15-4-5-17(24)9-16(15)8-14/h4-7,9-10,14,18,22-26H,2-3,8,11-13H2,1H3/t14?,18-/m0/s1. The van der Waals surface area contributed by atoms with Gasteiger partial charge in [0, 0.05) is 12.6 Å². The van der Waals surface area contributed by atoms with Gasteiger partial charge in [-0.25, -0.2) is 8.42 Å². The molecule has 2 aromatic carbocycles. The zero-order chi connectivity index (χ0) is 21.7. The lowest BCUT2D eigenvalue weighted by Crippen LogP contribution is -2.35. The van der Waals surface area contributed by atoms with Crippen molar-refractivity contribution in [1.29, 1.82) is 0 Å². The summed E-state index contributed by atoms with van der Waals surface area (Å²) in [6, 6.07) is 9.72. The van der Waals surface area contributed by atoms with Crippen LogP contribution >= 0.6 is 0 Å². The van der Waals surface area contributed by atoms with Gasteiger partial charge >= 0.3 is 0 Å². The lowest BCUT2D eigenvalue weighted by Gasteiger charge is -2.25. The highest BCUT2D eigenvalue weighted by atomic mass is 32.2. The number of nitrogens with one attached hydrogen (secondary N) is 2. The summed E-state index contributed by atoms with van der Waals surface area (Å²) < 4.78 is 30.4. The lowest BCUT2D eigenvalue weighted by molar-refractivity contribution is 0.105. The summed E-state index contributed by atoms with van der Waals surface area (Å²) in [5.74, 6) is 0.854. The molecular weight excluding hydrogens is 408 g/mol. The summed E-state index contributed by atoms with van der Waals surface area (Å²) in [6.07, 6.45) is 3.18. The molecule has 2 atom stereocenters. The van der Waals surface area contributed by atoms with E-state index in [2.05, 4.69) is 10.0 Å². The van der Waals surface area contributed by atoms with Gasteiger partial charge in [0.05, 0.1) is 11.9 Å². The average molecular weight is 437 g/mol. The van der Waals surface area contributed by atoms with Crippen LogP contribution in [0, 0.1) is 5.92 Å². The molecule has 3 rings (SSSR count). The number of aliphatic hydroxyl groups is 1. The number of hydrogen-bond acceptors (Lipinski definition) is 7. The Balaban J connectivity index is 1.42. The Morgan fingerprint density at radius 3 is 2.73 bits per heavy atom. The second-order valence-electron chi connectivity index (χ2n) is 7.74. The molecule has 1 aliphatic rings. The van der Waals surface area contributed by atoms with E-state index in [1.165, 1.54) is 29.3 Å². The molecule has 0 aromatic heterocycles. The van der Waals surface area contributed by atoms with Gasteiger partial charge < -0.3 is 25.4 Å². The SMILES string of the molecule is CS(=O)(=O)Nc1cc(OC[C@@H](O)CNCC2CCc3ccc(O)cc3C2)ccc1O. The summed E-state index contributed by atoms with van der Waals surface area (Å²) >= 11 is 0. The second kappa shape index (κ2) is 9.55. The van der Waals surface area contributed by atoms with Crippen LogP contribution in [0.25, 0.3) is 0 Å². The number of aryl methyl sites for hydroxylation is 1. The number of ether oxygens (including phenoxy) is 1. The van der Waals surface area contributed by atoms with Gasteiger partial charge in [-0.15, -0.1) is 0 Å². The van der Waals surface area contributed by atoms with E-state index in [1.54, 1.807) is 6.07 Å². The Hall–Kier alpha value is -2.49. The number of hydrogen-bond donors (Lipinski definition) is 5. The minimum atomic E-state index is -3.53. The molecule has 30 heavy (non-hydrogen) atoms. The van der Waals surface area contributed by atoms with Crippen LogP contribution in [-0.2, 0) is 22.9 Å². The van der Waals surface area contributed by atoms with Crippen LogP contribution in [0.5, 0.6) is 17.2 Å². The molecule has 0 spiro atoms. The van der Waals surface area contributed by atoms with Crippen molar-refractivity contribution in [1.82, 2.24) is 5.32 Å². The number of aromatic hydroxyl groups is 2. The summed E-state index contributed by atoms with van der Waals surface area (Å²) in [7, 11) is -3.53. The largest absolute Gasteiger partial charge is 0.508 e. The molecule has 0 heterocycles. The first kappa shape index (κ1) is 22.2. The molecule has 164 valence electrons. The van der Waals surface area contributed by atoms with Gasteiger partial charge in [-0.3, -0.25) is 4.72 Å². The Morgan fingerprint density at radius 2 is 1.97 bits per heavy atom. The van der Waals surface area contributed by atoms with Crippen molar-refractivity contribution in [3.63, 3.8) is 0 Å². The zero-order valence-corrected chi connectivity index (χ0v) is 17.7. The number of benzene rings is 2.